The topological polar surface area (TPSA) is 21.3 Å². The van der Waals surface area contributed by atoms with Gasteiger partial charge in [0.05, 0.1) is 6.61 Å². The molecule has 0 amide bonds. The minimum atomic E-state index is -0.289. The molecular weight excluding hydrogens is 241 g/mol. The van der Waals surface area contributed by atoms with Gasteiger partial charge >= 0.3 is 0 Å². The molecule has 1 aromatic carbocycles. The summed E-state index contributed by atoms with van der Waals surface area (Å²) in [6.07, 6.45) is 2.26. The lowest BCUT2D eigenvalue weighted by molar-refractivity contribution is 0.0747. The highest BCUT2D eigenvalue weighted by Gasteiger charge is 2.14. The Morgan fingerprint density at radius 2 is 2.12 bits per heavy atom. The maximum Gasteiger partial charge on any atom is 0.130 e. The Kier molecular flexibility index (Phi) is 4.77. The van der Waals surface area contributed by atoms with E-state index in [9.17, 15) is 4.39 Å². The van der Waals surface area contributed by atoms with Crippen LogP contribution in [0.15, 0.2) is 18.2 Å². The Morgan fingerprint density at radius 1 is 1.35 bits per heavy atom. The Balaban J connectivity index is 1.81. The van der Waals surface area contributed by atoms with E-state index in [2.05, 4.69) is 5.32 Å². The number of hydrogen-bond acceptors (Lipinski definition) is 2. The molecule has 0 spiro atoms. The predicted octanol–water partition coefficient (Wildman–Crippen LogP) is 3.00. The number of hydrogen-bond donors (Lipinski definition) is 1. The summed E-state index contributed by atoms with van der Waals surface area (Å²) in [5, 5.41) is 3.74. The average Bonchev–Trinajstić information content (AvgIpc) is 2.34. The molecule has 4 heteroatoms. The first-order chi connectivity index (χ1) is 8.27. The second kappa shape index (κ2) is 6.34. The molecule has 1 heterocycles. The summed E-state index contributed by atoms with van der Waals surface area (Å²) >= 11 is 5.92. The highest BCUT2D eigenvalue weighted by atomic mass is 35.5. The van der Waals surface area contributed by atoms with Crippen LogP contribution in [0.1, 0.15) is 18.4 Å². The summed E-state index contributed by atoms with van der Waals surface area (Å²) in [5.74, 6) is 0.296. The van der Waals surface area contributed by atoms with E-state index in [4.69, 9.17) is 16.3 Å². The van der Waals surface area contributed by atoms with Gasteiger partial charge in [0, 0.05) is 17.2 Å². The van der Waals surface area contributed by atoms with Gasteiger partial charge in [-0.2, -0.15) is 0 Å². The summed E-state index contributed by atoms with van der Waals surface area (Å²) < 4.78 is 19.0. The Bertz CT molecular complexity index is 346. The first-order valence-electron chi connectivity index (χ1n) is 5.98. The van der Waals surface area contributed by atoms with Gasteiger partial charge in [0.1, 0.15) is 5.82 Å². The summed E-state index contributed by atoms with van der Waals surface area (Å²) in [6, 6.07) is 4.71. The molecule has 0 bridgehead atoms. The van der Waals surface area contributed by atoms with Gasteiger partial charge in [0.15, 0.2) is 0 Å². The zero-order chi connectivity index (χ0) is 12.1. The van der Waals surface area contributed by atoms with Crippen LogP contribution in [0.5, 0.6) is 0 Å². The van der Waals surface area contributed by atoms with Crippen LogP contribution < -0.4 is 5.32 Å². The molecule has 0 radical (unpaired) electrons. The van der Waals surface area contributed by atoms with Crippen LogP contribution in [0, 0.1) is 11.7 Å². The maximum absolute atomic E-state index is 13.4. The van der Waals surface area contributed by atoms with Crippen LogP contribution >= 0.6 is 11.6 Å². The van der Waals surface area contributed by atoms with Gasteiger partial charge in [0.2, 0.25) is 0 Å². The van der Waals surface area contributed by atoms with Crippen molar-refractivity contribution in [1.29, 1.82) is 0 Å². The molecule has 17 heavy (non-hydrogen) atoms. The molecule has 0 aliphatic carbocycles. The van der Waals surface area contributed by atoms with Crippen molar-refractivity contribution < 1.29 is 9.13 Å². The molecule has 2 rings (SSSR count). The molecule has 0 aromatic heterocycles. The fourth-order valence-corrected chi connectivity index (χ4v) is 2.26. The number of nitrogens with one attached hydrogen (secondary N) is 1. The van der Waals surface area contributed by atoms with Crippen LogP contribution in [0.25, 0.3) is 0 Å². The normalized spacial score (nSPS) is 17.3. The number of piperidine rings is 1. The van der Waals surface area contributed by atoms with E-state index < -0.39 is 0 Å². The molecule has 1 fully saturated rings. The van der Waals surface area contributed by atoms with Crippen LogP contribution in [-0.2, 0) is 11.3 Å². The highest BCUT2D eigenvalue weighted by molar-refractivity contribution is 6.31. The number of halogens is 2. The summed E-state index contributed by atoms with van der Waals surface area (Å²) in [6.45, 7) is 3.05. The minimum Gasteiger partial charge on any atom is -0.376 e. The van der Waals surface area contributed by atoms with E-state index in [1.165, 1.54) is 6.07 Å². The van der Waals surface area contributed by atoms with Crippen LogP contribution in [0.2, 0.25) is 5.02 Å². The fourth-order valence-electron chi connectivity index (χ4n) is 2.05. The average molecular weight is 258 g/mol. The van der Waals surface area contributed by atoms with Crippen molar-refractivity contribution in [3.63, 3.8) is 0 Å². The largest absolute Gasteiger partial charge is 0.376 e. The van der Waals surface area contributed by atoms with E-state index in [0.717, 1.165) is 25.9 Å². The zero-order valence-electron chi connectivity index (χ0n) is 9.72. The van der Waals surface area contributed by atoms with E-state index in [0.29, 0.717) is 23.1 Å². The molecular formula is C13H17ClFNO. The SMILES string of the molecule is Fc1cccc(Cl)c1COCC1CCNCC1. The lowest BCUT2D eigenvalue weighted by atomic mass is 9.99. The third kappa shape index (κ3) is 3.66. The monoisotopic (exact) mass is 257 g/mol. The second-order valence-corrected chi connectivity index (χ2v) is 4.82. The summed E-state index contributed by atoms with van der Waals surface area (Å²) in [5.41, 5.74) is 0.461. The summed E-state index contributed by atoms with van der Waals surface area (Å²) in [4.78, 5) is 0. The number of rotatable bonds is 4. The van der Waals surface area contributed by atoms with Crippen molar-refractivity contribution in [2.24, 2.45) is 5.92 Å². The van der Waals surface area contributed by atoms with E-state index >= 15 is 0 Å². The van der Waals surface area contributed by atoms with Gasteiger partial charge in [0.25, 0.3) is 0 Å². The molecule has 0 unspecified atom stereocenters. The van der Waals surface area contributed by atoms with Gasteiger partial charge in [-0.3, -0.25) is 0 Å². The zero-order valence-corrected chi connectivity index (χ0v) is 10.5. The highest BCUT2D eigenvalue weighted by Crippen LogP contribution is 2.20. The van der Waals surface area contributed by atoms with Crippen molar-refractivity contribution in [1.82, 2.24) is 5.32 Å². The quantitative estimate of drug-likeness (QED) is 0.895. The number of ether oxygens (including phenoxy) is 1. The van der Waals surface area contributed by atoms with Crippen molar-refractivity contribution in [2.45, 2.75) is 19.4 Å². The van der Waals surface area contributed by atoms with Crippen LogP contribution in [-0.4, -0.2) is 19.7 Å². The lowest BCUT2D eigenvalue weighted by Crippen LogP contribution is -2.29. The van der Waals surface area contributed by atoms with E-state index in [1.807, 2.05) is 0 Å². The van der Waals surface area contributed by atoms with Gasteiger partial charge in [-0.25, -0.2) is 4.39 Å². The second-order valence-electron chi connectivity index (χ2n) is 4.41. The van der Waals surface area contributed by atoms with Crippen molar-refractivity contribution in [3.05, 3.63) is 34.6 Å². The number of benzene rings is 1. The molecule has 1 aromatic rings. The van der Waals surface area contributed by atoms with Gasteiger partial charge in [-0.05, 0) is 44.0 Å². The molecule has 94 valence electrons. The fraction of sp³-hybridized carbons (Fsp3) is 0.538. The summed E-state index contributed by atoms with van der Waals surface area (Å²) in [7, 11) is 0. The third-order valence-electron chi connectivity index (χ3n) is 3.12. The van der Waals surface area contributed by atoms with Crippen LogP contribution in [0.3, 0.4) is 0 Å². The van der Waals surface area contributed by atoms with E-state index in [1.54, 1.807) is 12.1 Å². The molecule has 1 saturated heterocycles. The Morgan fingerprint density at radius 3 is 2.82 bits per heavy atom. The van der Waals surface area contributed by atoms with Crippen LogP contribution in [0.4, 0.5) is 4.39 Å². The first kappa shape index (κ1) is 12.8. The molecule has 1 aliphatic heterocycles. The van der Waals surface area contributed by atoms with Crippen molar-refractivity contribution in [2.75, 3.05) is 19.7 Å². The van der Waals surface area contributed by atoms with Gasteiger partial charge < -0.3 is 10.1 Å². The molecule has 1 aliphatic rings. The maximum atomic E-state index is 13.4. The predicted molar refractivity (Wildman–Crippen MR) is 66.7 cm³/mol. The van der Waals surface area contributed by atoms with E-state index in [-0.39, 0.29) is 12.4 Å². The van der Waals surface area contributed by atoms with Crippen molar-refractivity contribution >= 4 is 11.6 Å². The van der Waals surface area contributed by atoms with Crippen molar-refractivity contribution in [3.8, 4) is 0 Å². The molecule has 2 nitrogen and oxygen atoms in total. The van der Waals surface area contributed by atoms with Gasteiger partial charge in [-0.15, -0.1) is 0 Å². The van der Waals surface area contributed by atoms with Gasteiger partial charge in [-0.1, -0.05) is 17.7 Å². The molecule has 1 N–H and O–H groups in total. The smallest absolute Gasteiger partial charge is 0.130 e. The first-order valence-corrected chi connectivity index (χ1v) is 6.36. The standard InChI is InChI=1S/C13H17ClFNO/c14-12-2-1-3-13(15)11(12)9-17-8-10-4-6-16-7-5-10/h1-3,10,16H,4-9H2. The Hall–Kier alpha value is -0.640. The lowest BCUT2D eigenvalue weighted by Gasteiger charge is -2.22. The molecule has 0 atom stereocenters. The Labute approximate surface area is 106 Å². The minimum absolute atomic E-state index is 0.259. The molecule has 0 saturated carbocycles. The third-order valence-corrected chi connectivity index (χ3v) is 3.47.